The molecule has 0 amide bonds. The fourth-order valence-corrected chi connectivity index (χ4v) is 6.88. The van der Waals surface area contributed by atoms with Crippen molar-refractivity contribution in [1.29, 1.82) is 0 Å². The van der Waals surface area contributed by atoms with Crippen molar-refractivity contribution in [3.8, 4) is 0 Å². The number of hydrogen-bond acceptors (Lipinski definition) is 13. The van der Waals surface area contributed by atoms with E-state index in [1.165, 1.54) is 35.6 Å². The van der Waals surface area contributed by atoms with Crippen molar-refractivity contribution < 1.29 is 60.0 Å². The maximum atomic E-state index is 13.4. The lowest BCUT2D eigenvalue weighted by Gasteiger charge is -2.27. The highest BCUT2D eigenvalue weighted by molar-refractivity contribution is 7.48. The van der Waals surface area contributed by atoms with E-state index in [0.29, 0.717) is 6.42 Å². The van der Waals surface area contributed by atoms with Crippen molar-refractivity contribution in [3.05, 3.63) is 0 Å². The van der Waals surface area contributed by atoms with Crippen LogP contribution in [0.15, 0.2) is 0 Å². The lowest BCUT2D eigenvalue weighted by Crippen LogP contribution is -2.33. The molecule has 3 aliphatic rings. The van der Waals surface area contributed by atoms with Gasteiger partial charge in [0.2, 0.25) is 0 Å². The van der Waals surface area contributed by atoms with Crippen LogP contribution in [-0.4, -0.2) is 148 Å². The van der Waals surface area contributed by atoms with Gasteiger partial charge in [0.1, 0.15) is 26.2 Å². The van der Waals surface area contributed by atoms with Gasteiger partial charge in [0.05, 0.1) is 51.8 Å². The third kappa shape index (κ3) is 9.45. The molecule has 0 aromatic heterocycles. The maximum Gasteiger partial charge on any atom is 0.474 e. The van der Waals surface area contributed by atoms with Crippen molar-refractivity contribution in [2.24, 2.45) is 0 Å². The van der Waals surface area contributed by atoms with Crippen LogP contribution in [0.1, 0.15) is 19.3 Å². The Labute approximate surface area is 242 Å². The number of phosphoric acid groups is 2. The van der Waals surface area contributed by atoms with E-state index in [1.807, 2.05) is 0 Å². The van der Waals surface area contributed by atoms with Crippen molar-refractivity contribution in [2.45, 2.75) is 73.9 Å². The summed E-state index contributed by atoms with van der Waals surface area (Å²) in [5.41, 5.74) is 0. The fourth-order valence-electron chi connectivity index (χ4n) is 4.60. The Balaban J connectivity index is 1.62. The summed E-state index contributed by atoms with van der Waals surface area (Å²) < 4.78 is 87.0. The lowest BCUT2D eigenvalue weighted by atomic mass is 9.16. The first-order valence-electron chi connectivity index (χ1n) is 12.8. The molecule has 11 atom stereocenters. The predicted octanol–water partition coefficient (Wildman–Crippen LogP) is -0.331. The molecule has 3 heterocycles. The molecule has 0 aromatic rings. The zero-order valence-electron chi connectivity index (χ0n) is 23.1. The molecule has 3 fully saturated rings. The average molecular weight is 596 g/mol. The first kappa shape index (κ1) is 34.9. The molecule has 3 saturated heterocycles. The van der Waals surface area contributed by atoms with E-state index in [-0.39, 0.29) is 38.8 Å². The van der Waals surface area contributed by atoms with Gasteiger partial charge in [-0.3, -0.25) is 27.1 Å². The molecule has 0 saturated carbocycles. The molecule has 5 unspecified atom stereocenters. The highest BCUT2D eigenvalue weighted by Crippen LogP contribution is 2.54. The topological polar surface area (TPSA) is 136 Å². The van der Waals surface area contributed by atoms with Gasteiger partial charge in [-0.1, -0.05) is 0 Å². The van der Waals surface area contributed by atoms with Gasteiger partial charge in [-0.2, -0.15) is 0 Å². The van der Waals surface area contributed by atoms with Crippen molar-refractivity contribution in [1.82, 2.24) is 0 Å². The minimum Gasteiger partial charge on any atom is -0.382 e. The van der Waals surface area contributed by atoms with Crippen LogP contribution in [0, 0.1) is 0 Å². The van der Waals surface area contributed by atoms with Gasteiger partial charge in [0.15, 0.2) is 0 Å². The van der Waals surface area contributed by atoms with E-state index in [2.05, 4.69) is 0 Å². The van der Waals surface area contributed by atoms with E-state index < -0.39 is 70.7 Å². The first-order valence-corrected chi connectivity index (χ1v) is 15.7. The van der Waals surface area contributed by atoms with Gasteiger partial charge >= 0.3 is 15.6 Å². The van der Waals surface area contributed by atoms with Crippen LogP contribution in [0.5, 0.6) is 0 Å². The van der Waals surface area contributed by atoms with Crippen LogP contribution in [0.4, 0.5) is 0 Å². The molecule has 3 rings (SSSR count). The van der Waals surface area contributed by atoms with Gasteiger partial charge in [-0.25, -0.2) is 9.13 Å². The Hall–Kier alpha value is 0.410. The normalized spacial score (nSPS) is 37.2. The molecule has 40 heavy (non-hydrogen) atoms. The Morgan fingerprint density at radius 2 is 1.35 bits per heavy atom. The minimum absolute atomic E-state index is 0.141. The lowest BCUT2D eigenvalue weighted by molar-refractivity contribution is -0.0411. The molecule has 0 aromatic carbocycles. The van der Waals surface area contributed by atoms with Crippen molar-refractivity contribution in [2.75, 3.05) is 48.3 Å². The van der Waals surface area contributed by atoms with Gasteiger partial charge < -0.3 is 23.7 Å². The van der Waals surface area contributed by atoms with Crippen molar-refractivity contribution >= 4 is 60.4 Å². The zero-order chi connectivity index (χ0) is 29.5. The number of rotatable bonds is 17. The second kappa shape index (κ2) is 15.9. The molecular formula is C19H33B6O13P2. The molecule has 13 nitrogen and oxygen atoms in total. The standard InChI is InChI=1S/C19H33B6O13P2/c1-28-8-14-13(7-19(36-14)25(22)23)38-40(27,31-4)33-10-16-12(6-18(24-21)35-16)37-39(26,30-3)32-9-15-11(29-2)5-17(20)34-15/h11-19H,5-10H2,1-4H3/t11?,12?,13?,14-,15-,16-,17-,18-,19-,39?,40?/m1/s1. The van der Waals surface area contributed by atoms with Crippen molar-refractivity contribution in [3.63, 3.8) is 0 Å². The largest absolute Gasteiger partial charge is 0.474 e. The monoisotopic (exact) mass is 597 g/mol. The molecule has 9 radical (unpaired) electrons. The number of methoxy groups -OCH3 is 2. The quantitative estimate of drug-likeness (QED) is 0.160. The molecule has 0 N–H and O–H groups in total. The summed E-state index contributed by atoms with van der Waals surface area (Å²) in [6.45, 7) is -1.13. The maximum absolute atomic E-state index is 13.4. The third-order valence-corrected chi connectivity index (χ3v) is 9.62. The summed E-state index contributed by atoms with van der Waals surface area (Å²) >= 11 is 0. The van der Waals surface area contributed by atoms with Gasteiger partial charge in [-0.05, 0) is 19.3 Å². The number of phosphoric ester groups is 2. The summed E-state index contributed by atoms with van der Waals surface area (Å²) in [6, 6.07) is -1.66. The Kier molecular flexibility index (Phi) is 13.9. The van der Waals surface area contributed by atoms with Crippen LogP contribution >= 0.6 is 15.6 Å². The summed E-state index contributed by atoms with van der Waals surface area (Å²) in [5, 5.41) is 0. The van der Waals surface area contributed by atoms with E-state index >= 15 is 0 Å². The Morgan fingerprint density at radius 1 is 0.800 bits per heavy atom. The molecule has 0 bridgehead atoms. The van der Waals surface area contributed by atoms with Crippen LogP contribution in [-0.2, 0) is 60.0 Å². The summed E-state index contributed by atoms with van der Waals surface area (Å²) in [4.78, 5) is 0. The fraction of sp³-hybridized carbons (Fsp3) is 1.00. The highest BCUT2D eigenvalue weighted by Gasteiger charge is 2.46. The summed E-state index contributed by atoms with van der Waals surface area (Å²) in [5.74, 6) is 0. The summed E-state index contributed by atoms with van der Waals surface area (Å²) in [6.07, 6.45) is -3.17. The van der Waals surface area contributed by atoms with E-state index in [0.717, 1.165) is 0 Å². The Morgan fingerprint density at radius 3 is 1.85 bits per heavy atom. The van der Waals surface area contributed by atoms with Gasteiger partial charge in [0.25, 0.3) is 0 Å². The molecule has 215 valence electrons. The van der Waals surface area contributed by atoms with Crippen LogP contribution < -0.4 is 0 Å². The molecule has 0 spiro atoms. The Bertz CT molecular complexity index is 880. The second-order valence-electron chi connectivity index (χ2n) is 9.48. The van der Waals surface area contributed by atoms with Crippen LogP contribution in [0.2, 0.25) is 0 Å². The zero-order valence-corrected chi connectivity index (χ0v) is 24.9. The molecule has 21 heteroatoms. The van der Waals surface area contributed by atoms with Crippen LogP contribution in [0.25, 0.3) is 0 Å². The van der Waals surface area contributed by atoms with Gasteiger partial charge in [-0.15, -0.1) is 0 Å². The second-order valence-corrected chi connectivity index (χ2v) is 12.9. The first-order chi connectivity index (χ1) is 19.0. The average Bonchev–Trinajstić information content (AvgIpc) is 3.63. The molecular weight excluding hydrogens is 563 g/mol. The molecule has 0 aliphatic carbocycles. The number of ether oxygens (including phenoxy) is 5. The van der Waals surface area contributed by atoms with E-state index in [9.17, 15) is 9.13 Å². The highest BCUT2D eigenvalue weighted by atomic mass is 31.2. The predicted molar refractivity (Wildman–Crippen MR) is 148 cm³/mol. The smallest absolute Gasteiger partial charge is 0.382 e. The summed E-state index contributed by atoms with van der Waals surface area (Å²) in [7, 11) is 21.4. The van der Waals surface area contributed by atoms with Gasteiger partial charge in [0, 0.05) is 69.7 Å². The third-order valence-electron chi connectivity index (χ3n) is 6.73. The molecule has 3 aliphatic heterocycles. The van der Waals surface area contributed by atoms with E-state index in [1.54, 1.807) is 0 Å². The van der Waals surface area contributed by atoms with E-state index in [4.69, 9.17) is 81.9 Å². The SMILES string of the molecule is [B][B][C@H]1CC(OP(=O)(OC)OC[C@H]2O[C@@H]([B])CC2OC)[C@@H](COP(=O)(OC)OC2C[C@H](B([B])[B])O[C@@H]2COC)O1. The minimum atomic E-state index is -4.14. The number of hydrogen-bond donors (Lipinski definition) is 0. The van der Waals surface area contributed by atoms with Crippen LogP contribution in [0.3, 0.4) is 0 Å².